The Bertz CT molecular complexity index is 480. The Balaban J connectivity index is 2.80. The molecule has 1 rings (SSSR count). The maximum absolute atomic E-state index is 5.92. The number of halogens is 1. The Labute approximate surface area is 133 Å². The topological polar surface area (TPSA) is 56.8 Å². The fraction of sp³-hybridized carbons (Fsp3) is 0.500. The van der Waals surface area contributed by atoms with Crippen LogP contribution in [0.1, 0.15) is 25.8 Å². The van der Waals surface area contributed by atoms with Crippen molar-refractivity contribution < 1.29 is 9.47 Å². The lowest BCUT2D eigenvalue weighted by atomic mass is 10.2. The number of amidine groups is 1. The molecule has 20 heavy (non-hydrogen) atoms. The molecule has 6 heteroatoms. The van der Waals surface area contributed by atoms with Crippen molar-refractivity contribution in [1.82, 2.24) is 0 Å². The molecule has 0 amide bonds. The number of nitrogens with two attached hydrogens (primary N) is 1. The quantitative estimate of drug-likeness (QED) is 0.618. The van der Waals surface area contributed by atoms with Crippen LogP contribution in [-0.2, 0) is 5.75 Å². The summed E-state index contributed by atoms with van der Waals surface area (Å²) in [6.07, 6.45) is 0.987. The molecule has 1 atom stereocenters. The van der Waals surface area contributed by atoms with E-state index in [0.29, 0.717) is 16.7 Å². The van der Waals surface area contributed by atoms with Gasteiger partial charge in [0.15, 0.2) is 16.7 Å². The number of thioether (sulfide) groups is 1. The zero-order chi connectivity index (χ0) is 15.1. The average Bonchev–Trinajstić information content (AvgIpc) is 2.45. The smallest absolute Gasteiger partial charge is 0.161 e. The van der Waals surface area contributed by atoms with Crippen molar-refractivity contribution in [3.8, 4) is 11.5 Å². The van der Waals surface area contributed by atoms with Crippen molar-refractivity contribution in [2.75, 3.05) is 14.2 Å². The molecule has 0 aliphatic carbocycles. The van der Waals surface area contributed by atoms with Crippen molar-refractivity contribution in [2.24, 2.45) is 10.7 Å². The Kier molecular flexibility index (Phi) is 7.23. The first-order chi connectivity index (χ1) is 9.51. The summed E-state index contributed by atoms with van der Waals surface area (Å²) in [6.45, 7) is 4.15. The van der Waals surface area contributed by atoms with Crippen LogP contribution in [0.5, 0.6) is 11.5 Å². The van der Waals surface area contributed by atoms with Gasteiger partial charge < -0.3 is 15.2 Å². The van der Waals surface area contributed by atoms with Gasteiger partial charge in [0.2, 0.25) is 0 Å². The molecule has 112 valence electrons. The number of benzene rings is 1. The maximum atomic E-state index is 5.92. The summed E-state index contributed by atoms with van der Waals surface area (Å²) in [7, 11) is 3.25. The van der Waals surface area contributed by atoms with Crippen molar-refractivity contribution in [2.45, 2.75) is 32.1 Å². The van der Waals surface area contributed by atoms with E-state index < -0.39 is 0 Å². The van der Waals surface area contributed by atoms with E-state index in [9.17, 15) is 0 Å². The molecule has 0 saturated carbocycles. The van der Waals surface area contributed by atoms with Crippen molar-refractivity contribution >= 4 is 32.9 Å². The summed E-state index contributed by atoms with van der Waals surface area (Å²) in [4.78, 5) is 4.40. The third-order valence-electron chi connectivity index (χ3n) is 2.87. The highest BCUT2D eigenvalue weighted by Crippen LogP contribution is 2.34. The maximum Gasteiger partial charge on any atom is 0.161 e. The van der Waals surface area contributed by atoms with Gasteiger partial charge in [0.05, 0.1) is 14.2 Å². The summed E-state index contributed by atoms with van der Waals surface area (Å²) in [5.41, 5.74) is 7.01. The summed E-state index contributed by atoms with van der Waals surface area (Å²) in [5, 5.41) is 0.612. The first-order valence-corrected chi connectivity index (χ1v) is 8.16. The molecular formula is C14H21BrN2O2S. The monoisotopic (exact) mass is 360 g/mol. The third-order valence-corrected chi connectivity index (χ3v) is 4.46. The molecule has 4 nitrogen and oxygen atoms in total. The highest BCUT2D eigenvalue weighted by Gasteiger charge is 2.10. The lowest BCUT2D eigenvalue weighted by molar-refractivity contribution is 0.354. The largest absolute Gasteiger partial charge is 0.493 e. The number of methoxy groups -OCH3 is 2. The molecule has 0 heterocycles. The molecule has 0 aromatic heterocycles. The average molecular weight is 361 g/mol. The van der Waals surface area contributed by atoms with E-state index >= 15 is 0 Å². The summed E-state index contributed by atoms with van der Waals surface area (Å²) >= 11 is 5.06. The number of aliphatic imine (C=N–C) groups is 1. The minimum absolute atomic E-state index is 0.261. The summed E-state index contributed by atoms with van der Waals surface area (Å²) in [6, 6.07) is 4.11. The Morgan fingerprint density at radius 1 is 1.35 bits per heavy atom. The Morgan fingerprint density at radius 3 is 2.50 bits per heavy atom. The van der Waals surface area contributed by atoms with Gasteiger partial charge in [-0.3, -0.25) is 4.99 Å². The molecule has 0 saturated heterocycles. The highest BCUT2D eigenvalue weighted by atomic mass is 79.9. The van der Waals surface area contributed by atoms with E-state index in [-0.39, 0.29) is 6.04 Å². The molecule has 0 radical (unpaired) electrons. The van der Waals surface area contributed by atoms with Gasteiger partial charge in [-0.05, 0) is 31.0 Å². The fourth-order valence-corrected chi connectivity index (χ4v) is 2.95. The number of ether oxygens (including phenoxy) is 2. The zero-order valence-corrected chi connectivity index (χ0v) is 14.7. The molecule has 0 unspecified atom stereocenters. The molecule has 0 bridgehead atoms. The summed E-state index contributed by atoms with van der Waals surface area (Å²) in [5.74, 6) is 2.14. The third kappa shape index (κ3) is 4.90. The van der Waals surface area contributed by atoms with Crippen LogP contribution < -0.4 is 15.2 Å². The van der Waals surface area contributed by atoms with E-state index in [1.807, 2.05) is 12.1 Å². The van der Waals surface area contributed by atoms with Crippen LogP contribution in [0.3, 0.4) is 0 Å². The van der Waals surface area contributed by atoms with Gasteiger partial charge in [-0.15, -0.1) is 0 Å². The summed E-state index contributed by atoms with van der Waals surface area (Å²) < 4.78 is 11.5. The van der Waals surface area contributed by atoms with Crippen molar-refractivity contribution in [3.05, 3.63) is 22.2 Å². The second-order valence-corrected chi connectivity index (χ2v) is 6.16. The molecule has 2 N–H and O–H groups in total. The standard InChI is InChI=1S/C14H21BrN2O2S/c1-5-9(2)17-14(16)20-8-10-6-12(18-3)13(19-4)7-11(10)15/h6-7,9H,5,8H2,1-4H3,(H2,16,17)/t9-/m0/s1. The van der Waals surface area contributed by atoms with E-state index in [1.54, 1.807) is 14.2 Å². The molecule has 0 fully saturated rings. The first kappa shape index (κ1) is 17.2. The minimum Gasteiger partial charge on any atom is -0.493 e. The number of nitrogens with zero attached hydrogens (tertiary/aromatic N) is 1. The lowest BCUT2D eigenvalue weighted by Gasteiger charge is -2.12. The van der Waals surface area contributed by atoms with Crippen LogP contribution in [-0.4, -0.2) is 25.4 Å². The molecule has 0 spiro atoms. The van der Waals surface area contributed by atoms with Crippen LogP contribution in [0.2, 0.25) is 0 Å². The van der Waals surface area contributed by atoms with Crippen molar-refractivity contribution in [3.63, 3.8) is 0 Å². The second kappa shape index (κ2) is 8.42. The molecule has 1 aromatic rings. The fourth-order valence-electron chi connectivity index (χ4n) is 1.50. The van der Waals surface area contributed by atoms with Gasteiger partial charge in [0, 0.05) is 16.3 Å². The second-order valence-electron chi connectivity index (χ2n) is 4.31. The van der Waals surface area contributed by atoms with Gasteiger partial charge in [-0.25, -0.2) is 0 Å². The normalized spacial score (nSPS) is 13.2. The van der Waals surface area contributed by atoms with Gasteiger partial charge in [0.1, 0.15) is 0 Å². The zero-order valence-electron chi connectivity index (χ0n) is 12.3. The molecule has 0 aliphatic heterocycles. The van der Waals surface area contributed by atoms with Crippen LogP contribution in [0.4, 0.5) is 0 Å². The van der Waals surface area contributed by atoms with Crippen LogP contribution >= 0.6 is 27.7 Å². The molecule has 0 aliphatic rings. The van der Waals surface area contributed by atoms with E-state index in [1.165, 1.54) is 11.8 Å². The van der Waals surface area contributed by atoms with Gasteiger partial charge in [0.25, 0.3) is 0 Å². The lowest BCUT2D eigenvalue weighted by Crippen LogP contribution is -2.11. The minimum atomic E-state index is 0.261. The first-order valence-electron chi connectivity index (χ1n) is 6.38. The van der Waals surface area contributed by atoms with Gasteiger partial charge in [-0.1, -0.05) is 34.6 Å². The van der Waals surface area contributed by atoms with Crippen LogP contribution in [0, 0.1) is 0 Å². The Morgan fingerprint density at radius 2 is 1.95 bits per heavy atom. The predicted molar refractivity (Wildman–Crippen MR) is 89.9 cm³/mol. The Hall–Kier alpha value is -0.880. The van der Waals surface area contributed by atoms with E-state index in [2.05, 4.69) is 34.8 Å². The number of rotatable bonds is 6. The molecular weight excluding hydrogens is 340 g/mol. The highest BCUT2D eigenvalue weighted by molar-refractivity contribution is 9.10. The van der Waals surface area contributed by atoms with Gasteiger partial charge in [-0.2, -0.15) is 0 Å². The van der Waals surface area contributed by atoms with Crippen molar-refractivity contribution in [1.29, 1.82) is 0 Å². The number of hydrogen-bond acceptors (Lipinski definition) is 4. The van der Waals surface area contributed by atoms with Gasteiger partial charge >= 0.3 is 0 Å². The van der Waals surface area contributed by atoms with E-state index in [0.717, 1.165) is 22.2 Å². The predicted octanol–water partition coefficient (Wildman–Crippen LogP) is 3.81. The van der Waals surface area contributed by atoms with Crippen LogP contribution in [0.25, 0.3) is 0 Å². The SMILES string of the molecule is CC[C@H](C)N=C(N)SCc1cc(OC)c(OC)cc1Br. The number of hydrogen-bond donors (Lipinski definition) is 1. The molecule has 1 aromatic carbocycles. The van der Waals surface area contributed by atoms with Crippen LogP contribution in [0.15, 0.2) is 21.6 Å². The van der Waals surface area contributed by atoms with E-state index in [4.69, 9.17) is 15.2 Å².